The molecule has 4 nitrogen and oxygen atoms in total. The minimum atomic E-state index is -0.812. The van der Waals surface area contributed by atoms with Gasteiger partial charge in [0.1, 0.15) is 5.92 Å². The Bertz CT molecular complexity index is 593. The topological polar surface area (TPSA) is 70.5 Å². The number of Topliss-reactive ketones (excluding diaryl/α,β-unsaturated/α-hetero) is 2. The Morgan fingerprint density at radius 2 is 1.83 bits per heavy atom. The van der Waals surface area contributed by atoms with E-state index in [-0.39, 0.29) is 5.71 Å². The Morgan fingerprint density at radius 3 is 2.50 bits per heavy atom. The summed E-state index contributed by atoms with van der Waals surface area (Å²) in [5, 5.41) is 0. The van der Waals surface area contributed by atoms with Crippen molar-refractivity contribution in [2.24, 2.45) is 5.92 Å². The van der Waals surface area contributed by atoms with Gasteiger partial charge in [0.15, 0.2) is 0 Å². The zero-order valence-electron chi connectivity index (χ0n) is 9.48. The number of benzene rings is 1. The summed E-state index contributed by atoms with van der Waals surface area (Å²) in [7, 11) is 0. The van der Waals surface area contributed by atoms with Crippen LogP contribution in [0.2, 0.25) is 0 Å². The first-order valence-electron chi connectivity index (χ1n) is 5.44. The molecule has 4 heteroatoms. The zero-order chi connectivity index (χ0) is 13.0. The lowest BCUT2D eigenvalue weighted by atomic mass is 9.90. The summed E-state index contributed by atoms with van der Waals surface area (Å²) in [4.78, 5) is 27.0. The molecule has 0 N–H and O–H groups in total. The number of hydrogen-bond donors (Lipinski definition) is 0. The molecule has 0 saturated heterocycles. The fourth-order valence-corrected chi connectivity index (χ4v) is 1.72. The van der Waals surface area contributed by atoms with Crippen LogP contribution in [-0.2, 0) is 4.79 Å². The van der Waals surface area contributed by atoms with E-state index in [1.54, 1.807) is 42.5 Å². The highest BCUT2D eigenvalue weighted by molar-refractivity contribution is 6.48. The maximum Gasteiger partial charge on any atom is 0.306 e. The number of carbonyl (C=O) groups is 2. The van der Waals surface area contributed by atoms with Crippen molar-refractivity contribution in [2.75, 3.05) is 0 Å². The van der Waals surface area contributed by atoms with Crippen LogP contribution >= 0.6 is 0 Å². The van der Waals surface area contributed by atoms with Crippen molar-refractivity contribution in [1.82, 2.24) is 0 Å². The van der Waals surface area contributed by atoms with E-state index in [4.69, 9.17) is 5.53 Å². The Hall–Kier alpha value is -2.58. The molecule has 1 unspecified atom stereocenters. The predicted octanol–water partition coefficient (Wildman–Crippen LogP) is 1.85. The van der Waals surface area contributed by atoms with Crippen LogP contribution in [0.15, 0.2) is 54.6 Å². The third-order valence-electron chi connectivity index (χ3n) is 2.66. The number of allylic oxidation sites excluding steroid dienone is 4. The largest absolute Gasteiger partial charge is 0.361 e. The van der Waals surface area contributed by atoms with Gasteiger partial charge in [-0.05, 0) is 0 Å². The standard InChI is InChI=1S/C14H10N2O2/c15-16-12-9-5-4-8-11(12)14(18)13(17)10-6-2-1-3-7-10/h1-9,11H. The van der Waals surface area contributed by atoms with Crippen molar-refractivity contribution in [3.63, 3.8) is 0 Å². The van der Waals surface area contributed by atoms with Gasteiger partial charge in [-0.2, -0.15) is 4.79 Å². The van der Waals surface area contributed by atoms with Crippen LogP contribution in [0.5, 0.6) is 0 Å². The highest BCUT2D eigenvalue weighted by atomic mass is 16.2. The van der Waals surface area contributed by atoms with Crippen LogP contribution < -0.4 is 0 Å². The summed E-state index contributed by atoms with van der Waals surface area (Å²) in [6.45, 7) is 0. The summed E-state index contributed by atoms with van der Waals surface area (Å²) >= 11 is 0. The molecule has 1 aliphatic carbocycles. The first-order chi connectivity index (χ1) is 8.74. The van der Waals surface area contributed by atoms with Crippen molar-refractivity contribution >= 4 is 17.3 Å². The molecular weight excluding hydrogens is 228 g/mol. The second-order valence-corrected chi connectivity index (χ2v) is 3.81. The van der Waals surface area contributed by atoms with Gasteiger partial charge < -0.3 is 5.53 Å². The first-order valence-corrected chi connectivity index (χ1v) is 5.44. The molecule has 18 heavy (non-hydrogen) atoms. The van der Waals surface area contributed by atoms with Gasteiger partial charge in [-0.15, -0.1) is 0 Å². The van der Waals surface area contributed by atoms with E-state index in [2.05, 4.69) is 4.79 Å². The van der Waals surface area contributed by atoms with E-state index in [1.807, 2.05) is 0 Å². The summed E-state index contributed by atoms with van der Waals surface area (Å²) in [5.74, 6) is -2.00. The van der Waals surface area contributed by atoms with Gasteiger partial charge >= 0.3 is 5.71 Å². The van der Waals surface area contributed by atoms with Gasteiger partial charge in [-0.1, -0.05) is 48.6 Å². The van der Waals surface area contributed by atoms with E-state index in [9.17, 15) is 9.59 Å². The molecule has 0 spiro atoms. The number of nitrogens with zero attached hydrogens (tertiary/aromatic N) is 2. The molecule has 88 valence electrons. The lowest BCUT2D eigenvalue weighted by molar-refractivity contribution is -0.116. The van der Waals surface area contributed by atoms with E-state index >= 15 is 0 Å². The molecule has 0 heterocycles. The zero-order valence-corrected chi connectivity index (χ0v) is 9.48. The molecule has 0 radical (unpaired) electrons. The summed E-state index contributed by atoms with van der Waals surface area (Å²) in [5.41, 5.74) is 9.31. The Kier molecular flexibility index (Phi) is 3.41. The molecule has 0 bridgehead atoms. The molecule has 1 atom stereocenters. The average Bonchev–Trinajstić information content (AvgIpc) is 2.46. The highest BCUT2D eigenvalue weighted by Gasteiger charge is 2.32. The number of rotatable bonds is 3. The summed E-state index contributed by atoms with van der Waals surface area (Å²) < 4.78 is 0. The fraction of sp³-hybridized carbons (Fsp3) is 0.0714. The summed E-state index contributed by atoms with van der Waals surface area (Å²) in [6, 6.07) is 8.32. The number of carbonyl (C=O) groups excluding carboxylic acids is 2. The van der Waals surface area contributed by atoms with E-state index in [1.165, 1.54) is 12.2 Å². The van der Waals surface area contributed by atoms with Crippen LogP contribution in [0.1, 0.15) is 10.4 Å². The minimum Gasteiger partial charge on any atom is -0.361 e. The smallest absolute Gasteiger partial charge is 0.306 e. The lowest BCUT2D eigenvalue weighted by Gasteiger charge is -2.06. The Labute approximate surface area is 104 Å². The van der Waals surface area contributed by atoms with Crippen molar-refractivity contribution in [2.45, 2.75) is 0 Å². The van der Waals surface area contributed by atoms with Crippen molar-refractivity contribution in [3.8, 4) is 0 Å². The van der Waals surface area contributed by atoms with E-state index < -0.39 is 17.5 Å². The number of hydrogen-bond acceptors (Lipinski definition) is 2. The molecule has 0 saturated carbocycles. The van der Waals surface area contributed by atoms with Crippen LogP contribution in [0.4, 0.5) is 0 Å². The van der Waals surface area contributed by atoms with Crippen molar-refractivity contribution in [1.29, 1.82) is 0 Å². The maximum atomic E-state index is 12.0. The third-order valence-corrected chi connectivity index (χ3v) is 2.66. The van der Waals surface area contributed by atoms with Crippen LogP contribution in [0.3, 0.4) is 0 Å². The molecule has 0 aliphatic heterocycles. The summed E-state index contributed by atoms with van der Waals surface area (Å²) in [6.07, 6.45) is 6.33. The molecule has 0 fully saturated rings. The Balaban J connectivity index is 2.28. The molecule has 2 rings (SSSR count). The minimum absolute atomic E-state index is 0.173. The first kappa shape index (κ1) is 11.9. The quantitative estimate of drug-likeness (QED) is 0.349. The molecule has 0 amide bonds. The van der Waals surface area contributed by atoms with Crippen LogP contribution in [0, 0.1) is 5.92 Å². The normalized spacial score (nSPS) is 17.3. The second-order valence-electron chi connectivity index (χ2n) is 3.81. The molecule has 0 aromatic heterocycles. The van der Waals surface area contributed by atoms with Crippen molar-refractivity contribution < 1.29 is 14.4 Å². The number of ketones is 2. The van der Waals surface area contributed by atoms with Gasteiger partial charge in [0.05, 0.1) is 0 Å². The van der Waals surface area contributed by atoms with Crippen LogP contribution in [0.25, 0.3) is 5.53 Å². The van der Waals surface area contributed by atoms with Gasteiger partial charge in [-0.25, -0.2) is 0 Å². The lowest BCUT2D eigenvalue weighted by Crippen LogP contribution is -2.29. The van der Waals surface area contributed by atoms with Crippen LogP contribution in [-0.4, -0.2) is 22.1 Å². The van der Waals surface area contributed by atoms with Gasteiger partial charge in [-0.3, -0.25) is 9.59 Å². The van der Waals surface area contributed by atoms with Crippen molar-refractivity contribution in [3.05, 3.63) is 65.7 Å². The molecular formula is C14H10N2O2. The van der Waals surface area contributed by atoms with E-state index in [0.29, 0.717) is 5.56 Å². The highest BCUT2D eigenvalue weighted by Crippen LogP contribution is 2.13. The molecule has 1 aromatic carbocycles. The van der Waals surface area contributed by atoms with Gasteiger partial charge in [0.2, 0.25) is 11.6 Å². The third kappa shape index (κ3) is 2.24. The predicted molar refractivity (Wildman–Crippen MR) is 66.2 cm³/mol. The maximum absolute atomic E-state index is 12.0. The Morgan fingerprint density at radius 1 is 1.11 bits per heavy atom. The van der Waals surface area contributed by atoms with E-state index in [0.717, 1.165) is 0 Å². The van der Waals surface area contributed by atoms with Gasteiger partial charge in [0, 0.05) is 11.6 Å². The SMILES string of the molecule is [N-]=[N+]=C1C=CC=CC1C(=O)C(=O)c1ccccc1. The molecule has 1 aliphatic rings. The monoisotopic (exact) mass is 238 g/mol. The average molecular weight is 238 g/mol. The second kappa shape index (κ2) is 5.17. The van der Waals surface area contributed by atoms with Gasteiger partial charge in [0.25, 0.3) is 0 Å². The molecule has 1 aromatic rings. The fourth-order valence-electron chi connectivity index (χ4n) is 1.72.